The first-order chi connectivity index (χ1) is 17.1. The highest BCUT2D eigenvalue weighted by molar-refractivity contribution is 9.11. The average Bonchev–Trinajstić information content (AvgIpc) is 3.27. The maximum absolute atomic E-state index is 11.3. The van der Waals surface area contributed by atoms with Gasteiger partial charge in [0.05, 0.1) is 20.6 Å². The van der Waals surface area contributed by atoms with E-state index in [1.165, 1.54) is 6.33 Å². The fourth-order valence-corrected chi connectivity index (χ4v) is 3.73. The summed E-state index contributed by atoms with van der Waals surface area (Å²) in [5.41, 5.74) is 5.52. The van der Waals surface area contributed by atoms with Gasteiger partial charge in [-0.25, -0.2) is 4.98 Å². The zero-order valence-corrected chi connectivity index (χ0v) is 24.1. The number of rotatable bonds is 7. The third kappa shape index (κ3) is 12.1. The summed E-state index contributed by atoms with van der Waals surface area (Å²) in [6, 6.07) is 5.50. The fourth-order valence-electron chi connectivity index (χ4n) is 2.22. The third-order valence-electron chi connectivity index (χ3n) is 3.59. The number of hydrogen-bond donors (Lipinski definition) is 4. The molecular weight excluding hydrogens is 620 g/mol. The van der Waals surface area contributed by atoms with Gasteiger partial charge < -0.3 is 21.1 Å². The number of nitrogens with two attached hydrogens (primary N) is 1. The first kappa shape index (κ1) is 31.0. The molecule has 1 aromatic carbocycles. The predicted octanol–water partition coefficient (Wildman–Crippen LogP) is 4.95. The van der Waals surface area contributed by atoms with E-state index in [0.29, 0.717) is 38.6 Å². The SMILES string of the molecule is CCCC(=O)Oc1c(Br)cc(C#N)cc1Br.CCNc1nc(Cl)nc(NC(C)C)n1.Nc1nc[nH]n1. The van der Waals surface area contributed by atoms with Gasteiger partial charge >= 0.3 is 5.97 Å². The van der Waals surface area contributed by atoms with Crippen molar-refractivity contribution in [2.24, 2.45) is 0 Å². The molecule has 0 amide bonds. The van der Waals surface area contributed by atoms with Gasteiger partial charge in [-0.1, -0.05) is 6.92 Å². The Labute approximate surface area is 231 Å². The molecule has 0 unspecified atom stereocenters. The molecule has 3 aromatic rings. The second-order valence-corrected chi connectivity index (χ2v) is 9.09. The lowest BCUT2D eigenvalue weighted by atomic mass is 10.2. The minimum atomic E-state index is -0.284. The fraction of sp³-hybridized carbons (Fsp3) is 0.381. The first-order valence-electron chi connectivity index (χ1n) is 10.7. The van der Waals surface area contributed by atoms with Crippen molar-refractivity contribution in [3.05, 3.63) is 38.3 Å². The molecule has 2 aromatic heterocycles. The van der Waals surface area contributed by atoms with Gasteiger partial charge in [-0.15, -0.1) is 5.10 Å². The number of nitrogens with one attached hydrogen (secondary N) is 3. The van der Waals surface area contributed by atoms with Crippen molar-refractivity contribution in [1.29, 1.82) is 5.26 Å². The molecule has 0 spiro atoms. The van der Waals surface area contributed by atoms with Crippen LogP contribution in [0.5, 0.6) is 5.75 Å². The van der Waals surface area contributed by atoms with E-state index in [1.807, 2.05) is 33.8 Å². The molecule has 0 atom stereocenters. The Morgan fingerprint density at radius 3 is 2.31 bits per heavy atom. The molecule has 0 fully saturated rings. The van der Waals surface area contributed by atoms with Crippen LogP contribution in [0, 0.1) is 11.3 Å². The molecule has 12 nitrogen and oxygen atoms in total. The third-order valence-corrected chi connectivity index (χ3v) is 4.94. The van der Waals surface area contributed by atoms with Crippen molar-refractivity contribution in [1.82, 2.24) is 30.1 Å². The number of carbonyl (C=O) groups excluding carboxylic acids is 1. The van der Waals surface area contributed by atoms with Gasteiger partial charge in [-0.2, -0.15) is 20.2 Å². The zero-order valence-electron chi connectivity index (χ0n) is 20.1. The molecule has 0 saturated heterocycles. The number of carbonyl (C=O) groups is 1. The Hall–Kier alpha value is -3.02. The summed E-state index contributed by atoms with van der Waals surface area (Å²) in [4.78, 5) is 26.9. The second kappa shape index (κ2) is 16.6. The summed E-state index contributed by atoms with van der Waals surface area (Å²) in [5, 5.41) is 20.9. The van der Waals surface area contributed by atoms with E-state index in [-0.39, 0.29) is 23.2 Å². The molecule has 2 heterocycles. The summed E-state index contributed by atoms with van der Waals surface area (Å²) in [7, 11) is 0. The number of halogens is 3. The van der Waals surface area contributed by atoms with Crippen LogP contribution < -0.4 is 21.1 Å². The highest BCUT2D eigenvalue weighted by Crippen LogP contribution is 2.34. The van der Waals surface area contributed by atoms with E-state index in [2.05, 4.69) is 72.6 Å². The number of H-pyrrole nitrogens is 1. The lowest BCUT2D eigenvalue weighted by molar-refractivity contribution is -0.134. The molecule has 36 heavy (non-hydrogen) atoms. The largest absolute Gasteiger partial charge is 0.424 e. The quantitative estimate of drug-likeness (QED) is 0.201. The van der Waals surface area contributed by atoms with Gasteiger partial charge in [0.25, 0.3) is 0 Å². The van der Waals surface area contributed by atoms with Crippen molar-refractivity contribution in [2.75, 3.05) is 22.9 Å². The minimum Gasteiger partial charge on any atom is -0.424 e. The molecule has 0 aliphatic rings. The lowest BCUT2D eigenvalue weighted by Crippen LogP contribution is -2.14. The molecule has 0 aliphatic carbocycles. The van der Waals surface area contributed by atoms with E-state index < -0.39 is 0 Å². The zero-order chi connectivity index (χ0) is 27.1. The van der Waals surface area contributed by atoms with Crippen LogP contribution in [0.1, 0.15) is 46.1 Å². The van der Waals surface area contributed by atoms with Crippen molar-refractivity contribution in [2.45, 2.75) is 46.6 Å². The highest BCUT2D eigenvalue weighted by atomic mass is 79.9. The average molecular weight is 647 g/mol. The summed E-state index contributed by atoms with van der Waals surface area (Å²) >= 11 is 12.2. The van der Waals surface area contributed by atoms with Crippen LogP contribution in [0.4, 0.5) is 17.8 Å². The monoisotopic (exact) mass is 644 g/mol. The Bertz CT molecular complexity index is 1120. The molecule has 194 valence electrons. The van der Waals surface area contributed by atoms with Crippen LogP contribution in [-0.4, -0.2) is 48.7 Å². The van der Waals surface area contributed by atoms with Crippen molar-refractivity contribution in [3.63, 3.8) is 0 Å². The maximum atomic E-state index is 11.3. The molecule has 5 N–H and O–H groups in total. The summed E-state index contributed by atoms with van der Waals surface area (Å²) < 4.78 is 6.35. The number of nitrogen functional groups attached to an aromatic ring is 1. The molecule has 0 bridgehead atoms. The Kier molecular flexibility index (Phi) is 14.3. The lowest BCUT2D eigenvalue weighted by Gasteiger charge is -2.09. The Balaban J connectivity index is 0.000000295. The Morgan fingerprint density at radius 2 is 1.86 bits per heavy atom. The number of esters is 1. The van der Waals surface area contributed by atoms with Crippen LogP contribution >= 0.6 is 43.5 Å². The van der Waals surface area contributed by atoms with Gasteiger partial charge in [0.2, 0.25) is 23.1 Å². The number of benzene rings is 1. The number of aromatic nitrogens is 6. The normalized spacial score (nSPS) is 9.75. The van der Waals surface area contributed by atoms with Crippen LogP contribution in [-0.2, 0) is 4.79 Å². The predicted molar refractivity (Wildman–Crippen MR) is 146 cm³/mol. The van der Waals surface area contributed by atoms with Gasteiger partial charge in [-0.3, -0.25) is 9.89 Å². The summed E-state index contributed by atoms with van der Waals surface area (Å²) in [5.74, 6) is 1.41. The van der Waals surface area contributed by atoms with Gasteiger partial charge in [0.15, 0.2) is 5.75 Å². The summed E-state index contributed by atoms with van der Waals surface area (Å²) in [6.45, 7) is 8.63. The topological polar surface area (TPSA) is 180 Å². The van der Waals surface area contributed by atoms with Crippen molar-refractivity contribution in [3.8, 4) is 11.8 Å². The van der Waals surface area contributed by atoms with E-state index in [9.17, 15) is 4.79 Å². The number of nitrogens with zero attached hydrogens (tertiary/aromatic N) is 6. The standard InChI is InChI=1S/C11H9Br2NO2.C8H14ClN5.C2H4N4/c1-2-3-10(15)16-11-8(12)4-7(6-14)5-9(11)13;1-4-10-7-12-6(9)13-8(14-7)11-5(2)3;3-2-4-1-5-6-2/h4-5H,2-3H2,1H3;5H,4H2,1-3H3,(H2,10,11,12,13,14);1H,(H3,3,4,5,6). The number of nitriles is 1. The van der Waals surface area contributed by atoms with Gasteiger partial charge in [0, 0.05) is 19.0 Å². The molecule has 0 radical (unpaired) electrons. The smallest absolute Gasteiger partial charge is 0.311 e. The minimum absolute atomic E-state index is 0.194. The van der Waals surface area contributed by atoms with Crippen LogP contribution in [0.15, 0.2) is 27.4 Å². The van der Waals surface area contributed by atoms with E-state index in [1.54, 1.807) is 12.1 Å². The van der Waals surface area contributed by atoms with Crippen LogP contribution in [0.2, 0.25) is 5.28 Å². The number of hydrogen-bond acceptors (Lipinski definition) is 11. The van der Waals surface area contributed by atoms with E-state index in [4.69, 9.17) is 27.3 Å². The van der Waals surface area contributed by atoms with Crippen LogP contribution in [0.3, 0.4) is 0 Å². The van der Waals surface area contributed by atoms with Crippen molar-refractivity contribution < 1.29 is 9.53 Å². The maximum Gasteiger partial charge on any atom is 0.311 e. The van der Waals surface area contributed by atoms with E-state index >= 15 is 0 Å². The number of aromatic amines is 1. The van der Waals surface area contributed by atoms with Crippen molar-refractivity contribution >= 4 is 67.3 Å². The molecular formula is C21H27Br2ClN10O2. The van der Waals surface area contributed by atoms with Crippen LogP contribution in [0.25, 0.3) is 0 Å². The molecule has 3 rings (SSSR count). The summed E-state index contributed by atoms with van der Waals surface area (Å²) in [6.07, 6.45) is 2.54. The number of ether oxygens (including phenoxy) is 1. The van der Waals surface area contributed by atoms with Gasteiger partial charge in [-0.05, 0) is 82.8 Å². The van der Waals surface area contributed by atoms with Gasteiger partial charge in [0.1, 0.15) is 6.33 Å². The number of anilines is 3. The molecule has 15 heteroatoms. The second-order valence-electron chi connectivity index (χ2n) is 7.04. The molecule has 0 saturated carbocycles. The Morgan fingerprint density at radius 1 is 1.22 bits per heavy atom. The first-order valence-corrected chi connectivity index (χ1v) is 12.7. The molecule has 0 aliphatic heterocycles. The van der Waals surface area contributed by atoms with E-state index in [0.717, 1.165) is 13.0 Å². The highest BCUT2D eigenvalue weighted by Gasteiger charge is 2.12.